The van der Waals surface area contributed by atoms with Crippen LogP contribution in [0, 0.1) is 0 Å². The molecule has 0 aliphatic heterocycles. The molecular formula is C47H80O5. The van der Waals surface area contributed by atoms with Gasteiger partial charge in [0.25, 0.3) is 0 Å². The zero-order valence-electron chi connectivity index (χ0n) is 34.1. The van der Waals surface area contributed by atoms with Crippen LogP contribution in [0.15, 0.2) is 72.9 Å². The Morgan fingerprint density at radius 1 is 0.442 bits per heavy atom. The highest BCUT2D eigenvalue weighted by Gasteiger charge is 2.17. The number of carbonyl (C=O) groups is 2. The summed E-state index contributed by atoms with van der Waals surface area (Å²) in [7, 11) is 0. The van der Waals surface area contributed by atoms with Gasteiger partial charge in [0.15, 0.2) is 6.10 Å². The van der Waals surface area contributed by atoms with Crippen LogP contribution >= 0.6 is 0 Å². The number of rotatable bonds is 38. The van der Waals surface area contributed by atoms with Crippen molar-refractivity contribution in [2.75, 3.05) is 19.8 Å². The van der Waals surface area contributed by atoms with Gasteiger partial charge in [-0.3, -0.25) is 9.59 Å². The Kier molecular flexibility index (Phi) is 40.6. The Balaban J connectivity index is 4.21. The van der Waals surface area contributed by atoms with Crippen molar-refractivity contribution in [1.82, 2.24) is 0 Å². The number of esters is 2. The third-order valence-electron chi connectivity index (χ3n) is 8.71. The molecule has 5 nitrogen and oxygen atoms in total. The number of allylic oxidation sites excluding steroid dienone is 12. The maximum absolute atomic E-state index is 12.6. The lowest BCUT2D eigenvalue weighted by molar-refractivity contribution is -0.163. The first-order valence-electron chi connectivity index (χ1n) is 21.5. The van der Waals surface area contributed by atoms with Gasteiger partial charge in [-0.15, -0.1) is 0 Å². The number of hydrogen-bond acceptors (Lipinski definition) is 5. The molecule has 0 heterocycles. The third kappa shape index (κ3) is 40.1. The molecule has 1 atom stereocenters. The van der Waals surface area contributed by atoms with Crippen molar-refractivity contribution < 1.29 is 23.8 Å². The Bertz CT molecular complexity index is 957. The topological polar surface area (TPSA) is 61.8 Å². The number of carbonyl (C=O) groups excluding carboxylic acids is 2. The Morgan fingerprint density at radius 2 is 0.904 bits per heavy atom. The number of unbranched alkanes of at least 4 members (excludes halogenated alkanes) is 15. The first-order chi connectivity index (χ1) is 25.6. The molecule has 0 N–H and O–H groups in total. The molecule has 0 aliphatic carbocycles. The molecule has 0 saturated heterocycles. The summed E-state index contributed by atoms with van der Waals surface area (Å²) in [6.45, 7) is 7.55. The van der Waals surface area contributed by atoms with Crippen molar-refractivity contribution in [1.29, 1.82) is 0 Å². The minimum atomic E-state index is -0.550. The summed E-state index contributed by atoms with van der Waals surface area (Å²) in [5.74, 6) is -0.449. The van der Waals surface area contributed by atoms with Crippen LogP contribution in [0.1, 0.15) is 188 Å². The van der Waals surface area contributed by atoms with E-state index in [0.29, 0.717) is 19.4 Å². The molecule has 0 saturated carbocycles. The molecule has 1 unspecified atom stereocenters. The Hall–Kier alpha value is -2.66. The van der Waals surface area contributed by atoms with Crippen molar-refractivity contribution in [3.8, 4) is 0 Å². The zero-order chi connectivity index (χ0) is 37.8. The van der Waals surface area contributed by atoms with Gasteiger partial charge in [0.2, 0.25) is 0 Å². The average Bonchev–Trinajstić information content (AvgIpc) is 3.14. The van der Waals surface area contributed by atoms with E-state index >= 15 is 0 Å². The first kappa shape index (κ1) is 49.3. The molecule has 0 amide bonds. The van der Waals surface area contributed by atoms with Crippen LogP contribution in [0.3, 0.4) is 0 Å². The van der Waals surface area contributed by atoms with Crippen molar-refractivity contribution in [2.24, 2.45) is 0 Å². The number of ether oxygens (including phenoxy) is 3. The monoisotopic (exact) mass is 725 g/mol. The van der Waals surface area contributed by atoms with Crippen molar-refractivity contribution >= 4 is 11.9 Å². The van der Waals surface area contributed by atoms with Crippen LogP contribution in [0.2, 0.25) is 0 Å². The fourth-order valence-electron chi connectivity index (χ4n) is 5.54. The molecule has 0 spiro atoms. The third-order valence-corrected chi connectivity index (χ3v) is 8.71. The maximum atomic E-state index is 12.6. The highest BCUT2D eigenvalue weighted by Crippen LogP contribution is 2.12. The van der Waals surface area contributed by atoms with E-state index in [-0.39, 0.29) is 25.2 Å². The lowest BCUT2D eigenvalue weighted by Crippen LogP contribution is -2.30. The molecule has 0 aromatic carbocycles. The van der Waals surface area contributed by atoms with Gasteiger partial charge in [0.1, 0.15) is 6.61 Å². The van der Waals surface area contributed by atoms with E-state index in [4.69, 9.17) is 14.2 Å². The van der Waals surface area contributed by atoms with E-state index in [2.05, 4.69) is 93.7 Å². The second-order valence-corrected chi connectivity index (χ2v) is 13.9. The number of hydrogen-bond donors (Lipinski definition) is 0. The molecule has 298 valence electrons. The minimum Gasteiger partial charge on any atom is -0.462 e. The van der Waals surface area contributed by atoms with Gasteiger partial charge in [0, 0.05) is 19.4 Å². The van der Waals surface area contributed by atoms with Gasteiger partial charge < -0.3 is 14.2 Å². The average molecular weight is 725 g/mol. The molecule has 0 fully saturated rings. The molecule has 5 heteroatoms. The molecule has 52 heavy (non-hydrogen) atoms. The summed E-state index contributed by atoms with van der Waals surface area (Å²) < 4.78 is 17.1. The Labute approximate surface area is 321 Å². The van der Waals surface area contributed by atoms with Gasteiger partial charge in [-0.25, -0.2) is 0 Å². The molecular weight excluding hydrogens is 645 g/mol. The van der Waals surface area contributed by atoms with Gasteiger partial charge in [-0.1, -0.05) is 164 Å². The smallest absolute Gasteiger partial charge is 0.306 e. The van der Waals surface area contributed by atoms with E-state index in [1.54, 1.807) is 0 Å². The lowest BCUT2D eigenvalue weighted by Gasteiger charge is -2.18. The van der Waals surface area contributed by atoms with Crippen LogP contribution in [-0.4, -0.2) is 37.9 Å². The quantitative estimate of drug-likeness (QED) is 0.0360. The Morgan fingerprint density at radius 3 is 1.46 bits per heavy atom. The van der Waals surface area contributed by atoms with Crippen molar-refractivity contribution in [2.45, 2.75) is 194 Å². The fourth-order valence-corrected chi connectivity index (χ4v) is 5.54. The maximum Gasteiger partial charge on any atom is 0.306 e. The molecule has 0 bridgehead atoms. The summed E-state index contributed by atoms with van der Waals surface area (Å²) in [4.78, 5) is 25.1. The summed E-state index contributed by atoms with van der Waals surface area (Å²) in [5.41, 5.74) is 0. The highest BCUT2D eigenvalue weighted by atomic mass is 16.6. The first-order valence-corrected chi connectivity index (χ1v) is 21.5. The summed E-state index contributed by atoms with van der Waals surface area (Å²) in [6, 6.07) is 0. The van der Waals surface area contributed by atoms with Crippen LogP contribution < -0.4 is 0 Å². The standard InChI is InChI=1S/C47H80O5/c1-4-7-10-13-16-18-20-22-23-24-25-27-28-30-32-34-37-40-46(48)51-44-45(43-50-42-39-36-15-12-9-6-3)52-47(49)41-38-35-33-31-29-26-21-19-17-14-11-8-5-2/h7,10-11,14,16,18-19,21-23,25,27,45H,4-6,8-9,12-13,15,17,20,24,26,28-44H2,1-3H3/b10-7-,14-11-,18-16-,21-19-,23-22-,27-25-. The summed E-state index contributed by atoms with van der Waals surface area (Å²) >= 11 is 0. The van der Waals surface area contributed by atoms with Crippen LogP contribution in [0.25, 0.3) is 0 Å². The van der Waals surface area contributed by atoms with E-state index < -0.39 is 6.10 Å². The van der Waals surface area contributed by atoms with Gasteiger partial charge in [-0.2, -0.15) is 0 Å². The van der Waals surface area contributed by atoms with Crippen LogP contribution in [0.5, 0.6) is 0 Å². The predicted molar refractivity (Wildman–Crippen MR) is 224 cm³/mol. The van der Waals surface area contributed by atoms with E-state index in [9.17, 15) is 9.59 Å². The SMILES string of the molecule is CC/C=C\C/C=C\C/C=C\C/C=C\CCCCCCC(=O)OCC(COCCCCCCCC)OC(=O)CCCCCCC/C=C\C/C=C\CCC. The minimum absolute atomic E-state index is 0.0643. The van der Waals surface area contributed by atoms with E-state index in [1.165, 1.54) is 44.9 Å². The van der Waals surface area contributed by atoms with Crippen LogP contribution in [0.4, 0.5) is 0 Å². The van der Waals surface area contributed by atoms with Gasteiger partial charge in [0.05, 0.1) is 6.61 Å². The molecule has 0 aromatic heterocycles. The fraction of sp³-hybridized carbons (Fsp3) is 0.702. The normalized spacial score (nSPS) is 12.9. The molecule has 0 aromatic rings. The van der Waals surface area contributed by atoms with E-state index in [1.807, 2.05) is 0 Å². The summed E-state index contributed by atoms with van der Waals surface area (Å²) in [6.07, 6.45) is 53.3. The molecule has 0 aliphatic rings. The van der Waals surface area contributed by atoms with Gasteiger partial charge in [-0.05, 0) is 83.5 Å². The van der Waals surface area contributed by atoms with E-state index in [0.717, 1.165) is 109 Å². The lowest BCUT2D eigenvalue weighted by atomic mass is 10.1. The molecule has 0 rings (SSSR count). The van der Waals surface area contributed by atoms with Crippen LogP contribution in [-0.2, 0) is 23.8 Å². The largest absolute Gasteiger partial charge is 0.462 e. The highest BCUT2D eigenvalue weighted by molar-refractivity contribution is 5.70. The van der Waals surface area contributed by atoms with Gasteiger partial charge >= 0.3 is 11.9 Å². The van der Waals surface area contributed by atoms with Crippen molar-refractivity contribution in [3.63, 3.8) is 0 Å². The molecule has 0 radical (unpaired) electrons. The second kappa shape index (κ2) is 42.8. The predicted octanol–water partition coefficient (Wildman–Crippen LogP) is 14.0. The second-order valence-electron chi connectivity index (χ2n) is 13.9. The van der Waals surface area contributed by atoms with Crippen molar-refractivity contribution in [3.05, 3.63) is 72.9 Å². The summed E-state index contributed by atoms with van der Waals surface area (Å²) in [5, 5.41) is 0. The zero-order valence-corrected chi connectivity index (χ0v) is 34.1.